The van der Waals surface area contributed by atoms with Gasteiger partial charge in [-0.2, -0.15) is 0 Å². The van der Waals surface area contributed by atoms with E-state index in [0.29, 0.717) is 0 Å². The minimum Gasteiger partial charge on any atom is -0.379 e. The highest BCUT2D eigenvalue weighted by molar-refractivity contribution is 7.96. The van der Waals surface area contributed by atoms with Gasteiger partial charge in [0.1, 0.15) is 0 Å². The van der Waals surface area contributed by atoms with Crippen LogP contribution in [-0.2, 0) is 4.18 Å². The van der Waals surface area contributed by atoms with Crippen molar-refractivity contribution in [1.29, 1.82) is 0 Å². The van der Waals surface area contributed by atoms with Crippen molar-refractivity contribution in [3.05, 3.63) is 0 Å². The number of carbonyl (C=O) groups is 1. The Balaban J connectivity index is 3.39. The summed E-state index contributed by atoms with van der Waals surface area (Å²) in [6, 6.07) is 0. The van der Waals surface area contributed by atoms with Gasteiger partial charge >= 0.3 is 5.43 Å². The van der Waals surface area contributed by atoms with Crippen molar-refractivity contribution in [3.8, 4) is 0 Å². The Morgan fingerprint density at radius 2 is 2.00 bits per heavy atom. The maximum Gasteiger partial charge on any atom is 0.415 e. The molecule has 0 aromatic carbocycles. The third kappa shape index (κ3) is 8.11. The second-order valence-electron chi connectivity index (χ2n) is 2.52. The summed E-state index contributed by atoms with van der Waals surface area (Å²) in [6.45, 7) is 5.78. The zero-order valence-corrected chi connectivity index (χ0v) is 7.18. The third-order valence-corrected chi connectivity index (χ3v) is 1.26. The Morgan fingerprint density at radius 3 is 2.11 bits per heavy atom. The van der Waals surface area contributed by atoms with Crippen molar-refractivity contribution in [2.24, 2.45) is 0 Å². The molecule has 0 N–H and O–H groups in total. The summed E-state index contributed by atoms with van der Waals surface area (Å²) in [5.41, 5.74) is -0.769. The summed E-state index contributed by atoms with van der Waals surface area (Å²) >= 11 is 5.96. The van der Waals surface area contributed by atoms with E-state index in [1.807, 2.05) is 20.8 Å². The molecule has 0 atom stereocenters. The first-order chi connectivity index (χ1) is 3.92. The lowest BCUT2D eigenvalue weighted by Gasteiger charge is -2.13. The molecule has 0 radical (unpaired) electrons. The fraction of sp³-hybridized carbons (Fsp3) is 0.800. The zero-order chi connectivity index (χ0) is 7.49. The normalized spacial score (nSPS) is 11.1. The SMILES string of the molecule is CC(C)(C)SOC(=O)Cl. The molecule has 9 heavy (non-hydrogen) atoms. The minimum atomic E-state index is -0.769. The Kier molecular flexibility index (Phi) is 3.36. The van der Waals surface area contributed by atoms with Gasteiger partial charge in [0.05, 0.1) is 12.0 Å². The number of hydrogen-bond donors (Lipinski definition) is 0. The molecule has 54 valence electrons. The second-order valence-corrected chi connectivity index (χ2v) is 4.38. The van der Waals surface area contributed by atoms with Crippen LogP contribution in [0.2, 0.25) is 0 Å². The molecule has 0 heterocycles. The Morgan fingerprint density at radius 1 is 1.56 bits per heavy atom. The summed E-state index contributed by atoms with van der Waals surface area (Å²) in [5.74, 6) is 0. The van der Waals surface area contributed by atoms with E-state index in [2.05, 4.69) is 4.18 Å². The largest absolute Gasteiger partial charge is 0.415 e. The topological polar surface area (TPSA) is 26.3 Å². The van der Waals surface area contributed by atoms with Crippen molar-refractivity contribution >= 4 is 29.1 Å². The van der Waals surface area contributed by atoms with E-state index in [4.69, 9.17) is 11.6 Å². The van der Waals surface area contributed by atoms with Gasteiger partial charge in [0.15, 0.2) is 0 Å². The lowest BCUT2D eigenvalue weighted by Crippen LogP contribution is -2.08. The summed E-state index contributed by atoms with van der Waals surface area (Å²) < 4.78 is 4.37. The van der Waals surface area contributed by atoms with Gasteiger partial charge < -0.3 is 4.18 Å². The summed E-state index contributed by atoms with van der Waals surface area (Å²) in [6.07, 6.45) is 0. The molecule has 0 saturated heterocycles. The number of halogens is 1. The summed E-state index contributed by atoms with van der Waals surface area (Å²) in [5, 5.41) is 0. The molecule has 0 amide bonds. The first kappa shape index (κ1) is 9.11. The maximum atomic E-state index is 10.0. The zero-order valence-electron chi connectivity index (χ0n) is 5.60. The highest BCUT2D eigenvalue weighted by Crippen LogP contribution is 2.24. The standard InChI is InChI=1S/C5H9ClO2S/c1-5(2,3)9-8-4(6)7/h1-3H3. The molecular weight excluding hydrogens is 160 g/mol. The molecule has 0 aliphatic heterocycles. The van der Waals surface area contributed by atoms with Gasteiger partial charge in [0, 0.05) is 16.3 Å². The molecule has 0 aromatic heterocycles. The Hall–Kier alpha value is 0.110. The van der Waals surface area contributed by atoms with Gasteiger partial charge in [-0.25, -0.2) is 4.79 Å². The van der Waals surface area contributed by atoms with Crippen LogP contribution in [0.1, 0.15) is 20.8 Å². The molecule has 0 saturated carbocycles. The smallest absolute Gasteiger partial charge is 0.379 e. The van der Waals surface area contributed by atoms with E-state index in [-0.39, 0.29) is 4.75 Å². The molecule has 0 unspecified atom stereocenters. The molecule has 0 aromatic rings. The molecule has 2 nitrogen and oxygen atoms in total. The number of rotatable bonds is 1. The van der Waals surface area contributed by atoms with E-state index < -0.39 is 5.43 Å². The molecule has 4 heteroatoms. The van der Waals surface area contributed by atoms with Crippen molar-refractivity contribution in [1.82, 2.24) is 0 Å². The monoisotopic (exact) mass is 168 g/mol. The fourth-order valence-electron chi connectivity index (χ4n) is 0.158. The van der Waals surface area contributed by atoms with E-state index in [1.165, 1.54) is 0 Å². The van der Waals surface area contributed by atoms with E-state index >= 15 is 0 Å². The van der Waals surface area contributed by atoms with Gasteiger partial charge in [0.2, 0.25) is 0 Å². The highest BCUT2D eigenvalue weighted by atomic mass is 35.5. The van der Waals surface area contributed by atoms with E-state index in [0.717, 1.165) is 12.0 Å². The quantitative estimate of drug-likeness (QED) is 0.445. The van der Waals surface area contributed by atoms with Gasteiger partial charge in [-0.15, -0.1) is 0 Å². The molecule has 0 bridgehead atoms. The van der Waals surface area contributed by atoms with Crippen LogP contribution < -0.4 is 0 Å². The first-order valence-electron chi connectivity index (χ1n) is 2.47. The van der Waals surface area contributed by atoms with Crippen molar-refractivity contribution < 1.29 is 8.98 Å². The molecule has 0 rings (SSSR count). The molecular formula is C5H9ClO2S. The third-order valence-electron chi connectivity index (χ3n) is 0.357. The average Bonchev–Trinajstić information content (AvgIpc) is 1.59. The van der Waals surface area contributed by atoms with Crippen molar-refractivity contribution in [2.75, 3.05) is 0 Å². The summed E-state index contributed by atoms with van der Waals surface area (Å²) in [7, 11) is 0. The van der Waals surface area contributed by atoms with Crippen LogP contribution in [0.15, 0.2) is 0 Å². The van der Waals surface area contributed by atoms with Crippen LogP contribution in [0.4, 0.5) is 4.79 Å². The van der Waals surface area contributed by atoms with Gasteiger partial charge in [-0.3, -0.25) is 0 Å². The predicted octanol–water partition coefficient (Wildman–Crippen LogP) is 2.81. The van der Waals surface area contributed by atoms with Crippen LogP contribution in [0.3, 0.4) is 0 Å². The predicted molar refractivity (Wildman–Crippen MR) is 39.7 cm³/mol. The van der Waals surface area contributed by atoms with Crippen LogP contribution in [-0.4, -0.2) is 10.2 Å². The maximum absolute atomic E-state index is 10.0. The molecule has 0 spiro atoms. The summed E-state index contributed by atoms with van der Waals surface area (Å²) in [4.78, 5) is 10.0. The van der Waals surface area contributed by atoms with Crippen LogP contribution >= 0.6 is 23.6 Å². The van der Waals surface area contributed by atoms with Crippen LogP contribution in [0.5, 0.6) is 0 Å². The first-order valence-corrected chi connectivity index (χ1v) is 3.59. The fourth-order valence-corrected chi connectivity index (χ4v) is 0.568. The molecule has 0 fully saturated rings. The van der Waals surface area contributed by atoms with Crippen LogP contribution in [0, 0.1) is 0 Å². The van der Waals surface area contributed by atoms with E-state index in [9.17, 15) is 4.79 Å². The Bertz CT molecular complexity index is 108. The van der Waals surface area contributed by atoms with E-state index in [1.54, 1.807) is 0 Å². The minimum absolute atomic E-state index is 0.0788. The second kappa shape index (κ2) is 3.32. The Labute approximate surface area is 64.1 Å². The van der Waals surface area contributed by atoms with Gasteiger partial charge in [-0.05, 0) is 20.8 Å². The van der Waals surface area contributed by atoms with Gasteiger partial charge in [0.25, 0.3) is 0 Å². The average molecular weight is 169 g/mol. The molecule has 0 aliphatic carbocycles. The van der Waals surface area contributed by atoms with Crippen molar-refractivity contribution in [2.45, 2.75) is 25.5 Å². The van der Waals surface area contributed by atoms with Crippen LogP contribution in [0.25, 0.3) is 0 Å². The van der Waals surface area contributed by atoms with Crippen molar-refractivity contribution in [3.63, 3.8) is 0 Å². The number of carbonyl (C=O) groups excluding carboxylic acids is 1. The molecule has 0 aliphatic rings. The van der Waals surface area contributed by atoms with Gasteiger partial charge in [-0.1, -0.05) is 0 Å². The lowest BCUT2D eigenvalue weighted by atomic mass is 10.3. The number of hydrogen-bond acceptors (Lipinski definition) is 3. The lowest BCUT2D eigenvalue weighted by molar-refractivity contribution is 0.232. The highest BCUT2D eigenvalue weighted by Gasteiger charge is 2.13.